The molecule has 0 unspecified atom stereocenters. The Labute approximate surface area is 119 Å². The predicted molar refractivity (Wildman–Crippen MR) is 78.1 cm³/mol. The molecule has 0 atom stereocenters. The summed E-state index contributed by atoms with van der Waals surface area (Å²) in [5.74, 6) is -0.657. The van der Waals surface area contributed by atoms with Crippen molar-refractivity contribution in [2.24, 2.45) is 0 Å². The zero-order valence-corrected chi connectivity index (χ0v) is 10.8. The summed E-state index contributed by atoms with van der Waals surface area (Å²) >= 11 is 0. The van der Waals surface area contributed by atoms with Gasteiger partial charge in [0.15, 0.2) is 0 Å². The van der Waals surface area contributed by atoms with Gasteiger partial charge in [0.1, 0.15) is 0 Å². The van der Waals surface area contributed by atoms with E-state index in [2.05, 4.69) is 9.97 Å². The Hall–Kier alpha value is -3.15. The Bertz CT molecular complexity index is 880. The maximum atomic E-state index is 12.5. The van der Waals surface area contributed by atoms with Gasteiger partial charge < -0.3 is 10.7 Å². The van der Waals surface area contributed by atoms with Gasteiger partial charge in [0.05, 0.1) is 22.2 Å². The van der Waals surface area contributed by atoms with Crippen LogP contribution in [0, 0.1) is 0 Å². The van der Waals surface area contributed by atoms with E-state index in [1.807, 2.05) is 24.3 Å². The van der Waals surface area contributed by atoms with Crippen molar-refractivity contribution in [1.82, 2.24) is 9.97 Å². The lowest BCUT2D eigenvalue weighted by molar-refractivity contribution is 0.0924. The summed E-state index contributed by atoms with van der Waals surface area (Å²) in [4.78, 5) is 33.2. The lowest BCUT2D eigenvalue weighted by Gasteiger charge is -2.09. The molecule has 6 nitrogen and oxygen atoms in total. The second-order valence-electron chi connectivity index (χ2n) is 4.79. The molecule has 21 heavy (non-hydrogen) atoms. The van der Waals surface area contributed by atoms with Crippen LogP contribution < -0.4 is 10.6 Å². The molecule has 1 aromatic heterocycles. The van der Waals surface area contributed by atoms with Crippen molar-refractivity contribution in [3.63, 3.8) is 0 Å². The monoisotopic (exact) mass is 278 g/mol. The highest BCUT2D eigenvalue weighted by Gasteiger charge is 2.39. The van der Waals surface area contributed by atoms with E-state index in [4.69, 9.17) is 5.73 Å². The van der Waals surface area contributed by atoms with Crippen molar-refractivity contribution in [2.75, 3.05) is 10.6 Å². The Morgan fingerprint density at radius 3 is 2.57 bits per heavy atom. The molecule has 0 saturated carbocycles. The van der Waals surface area contributed by atoms with Gasteiger partial charge in [0.25, 0.3) is 11.8 Å². The zero-order chi connectivity index (χ0) is 14.6. The minimum atomic E-state index is -0.452. The third-order valence-corrected chi connectivity index (χ3v) is 3.54. The van der Waals surface area contributed by atoms with Crippen LogP contribution >= 0.6 is 0 Å². The Kier molecular flexibility index (Phi) is 2.18. The molecule has 0 radical (unpaired) electrons. The van der Waals surface area contributed by atoms with E-state index in [0.29, 0.717) is 16.8 Å². The van der Waals surface area contributed by atoms with Gasteiger partial charge in [-0.25, -0.2) is 9.88 Å². The number of para-hydroxylation sites is 2. The number of carbonyl (C=O) groups is 2. The van der Waals surface area contributed by atoms with E-state index in [9.17, 15) is 9.59 Å². The molecule has 3 N–H and O–H groups in total. The molecule has 4 rings (SSSR count). The predicted octanol–water partition coefficient (Wildman–Crippen LogP) is 1.95. The number of anilines is 2. The summed E-state index contributed by atoms with van der Waals surface area (Å²) < 4.78 is 0. The Balaban J connectivity index is 1.89. The molecule has 2 heterocycles. The minimum Gasteiger partial charge on any atom is -0.398 e. The van der Waals surface area contributed by atoms with E-state index in [1.54, 1.807) is 18.2 Å². The summed E-state index contributed by atoms with van der Waals surface area (Å²) in [6.45, 7) is 0. The van der Waals surface area contributed by atoms with E-state index < -0.39 is 11.8 Å². The number of benzene rings is 2. The number of aromatic amines is 1. The van der Waals surface area contributed by atoms with Crippen molar-refractivity contribution in [2.45, 2.75) is 0 Å². The number of amides is 2. The number of hydrogen-bond donors (Lipinski definition) is 2. The number of nitrogens with zero attached hydrogens (tertiary/aromatic N) is 2. The van der Waals surface area contributed by atoms with E-state index in [0.717, 1.165) is 10.4 Å². The highest BCUT2D eigenvalue weighted by Crippen LogP contribution is 2.31. The number of H-pyrrole nitrogens is 1. The molecule has 102 valence electrons. The third kappa shape index (κ3) is 1.50. The molecular weight excluding hydrogens is 268 g/mol. The number of nitrogens with one attached hydrogen (secondary N) is 1. The van der Waals surface area contributed by atoms with Crippen molar-refractivity contribution in [3.05, 3.63) is 53.6 Å². The first-order chi connectivity index (χ1) is 10.2. The maximum absolute atomic E-state index is 12.5. The lowest BCUT2D eigenvalue weighted by Crippen LogP contribution is -2.30. The Morgan fingerprint density at radius 1 is 1.00 bits per heavy atom. The first-order valence-electron chi connectivity index (χ1n) is 6.39. The number of imide groups is 1. The van der Waals surface area contributed by atoms with Crippen LogP contribution in [0.3, 0.4) is 0 Å². The highest BCUT2D eigenvalue weighted by molar-refractivity contribution is 6.35. The second kappa shape index (κ2) is 3.92. The summed E-state index contributed by atoms with van der Waals surface area (Å²) in [6.07, 6.45) is 0. The molecule has 2 amide bonds. The molecular formula is C15H10N4O2. The number of rotatable bonds is 1. The largest absolute Gasteiger partial charge is 0.398 e. The quantitative estimate of drug-likeness (QED) is 0.525. The van der Waals surface area contributed by atoms with Gasteiger partial charge in [-0.3, -0.25) is 9.59 Å². The fourth-order valence-corrected chi connectivity index (χ4v) is 2.55. The number of fused-ring (bicyclic) bond motifs is 2. The van der Waals surface area contributed by atoms with Crippen molar-refractivity contribution < 1.29 is 9.59 Å². The van der Waals surface area contributed by atoms with Crippen LogP contribution in [0.2, 0.25) is 0 Å². The van der Waals surface area contributed by atoms with Gasteiger partial charge in [-0.05, 0) is 24.3 Å². The van der Waals surface area contributed by atoms with Gasteiger partial charge in [0, 0.05) is 5.69 Å². The molecule has 6 heteroatoms. The smallest absolute Gasteiger partial charge is 0.270 e. The third-order valence-electron chi connectivity index (χ3n) is 3.54. The first kappa shape index (κ1) is 11.7. The van der Waals surface area contributed by atoms with Crippen LogP contribution in [0.1, 0.15) is 20.7 Å². The van der Waals surface area contributed by atoms with Crippen LogP contribution in [0.4, 0.5) is 11.6 Å². The van der Waals surface area contributed by atoms with E-state index in [-0.39, 0.29) is 11.5 Å². The standard InChI is InChI=1S/C15H10N4O2/c16-9-5-3-4-8-12(9)14(21)19(13(8)20)15-17-10-6-1-2-7-11(10)18-15/h1-7H,16H2,(H,17,18). The normalized spacial score (nSPS) is 14.0. The SMILES string of the molecule is Nc1cccc2c1C(=O)N(c1nc3ccccc3[nH]1)C2=O. The van der Waals surface area contributed by atoms with E-state index >= 15 is 0 Å². The summed E-state index contributed by atoms with van der Waals surface area (Å²) in [6, 6.07) is 12.2. The van der Waals surface area contributed by atoms with Gasteiger partial charge >= 0.3 is 0 Å². The number of imidazole rings is 1. The highest BCUT2D eigenvalue weighted by atomic mass is 16.2. The summed E-state index contributed by atoms with van der Waals surface area (Å²) in [5.41, 5.74) is 8.10. The first-order valence-corrected chi connectivity index (χ1v) is 6.39. The second-order valence-corrected chi connectivity index (χ2v) is 4.79. The average Bonchev–Trinajstić information content (AvgIpc) is 2.99. The van der Waals surface area contributed by atoms with Gasteiger partial charge in [-0.2, -0.15) is 0 Å². The van der Waals surface area contributed by atoms with Crippen LogP contribution in [-0.2, 0) is 0 Å². The molecule has 0 bridgehead atoms. The van der Waals surface area contributed by atoms with Gasteiger partial charge in [-0.15, -0.1) is 0 Å². The molecule has 0 fully saturated rings. The number of carbonyl (C=O) groups excluding carboxylic acids is 2. The van der Waals surface area contributed by atoms with Crippen LogP contribution in [0.5, 0.6) is 0 Å². The number of hydrogen-bond acceptors (Lipinski definition) is 4. The molecule has 0 spiro atoms. The number of nitrogen functional groups attached to an aromatic ring is 1. The van der Waals surface area contributed by atoms with Crippen molar-refractivity contribution in [3.8, 4) is 0 Å². The zero-order valence-electron chi connectivity index (χ0n) is 10.8. The van der Waals surface area contributed by atoms with Crippen molar-refractivity contribution in [1.29, 1.82) is 0 Å². The molecule has 3 aromatic rings. The fraction of sp³-hybridized carbons (Fsp3) is 0. The molecule has 1 aliphatic heterocycles. The van der Waals surface area contributed by atoms with Crippen LogP contribution in [0.25, 0.3) is 11.0 Å². The molecule has 2 aromatic carbocycles. The van der Waals surface area contributed by atoms with Crippen LogP contribution in [-0.4, -0.2) is 21.8 Å². The number of aromatic nitrogens is 2. The summed E-state index contributed by atoms with van der Waals surface area (Å²) in [7, 11) is 0. The average molecular weight is 278 g/mol. The van der Waals surface area contributed by atoms with Gasteiger partial charge in [-0.1, -0.05) is 18.2 Å². The fourth-order valence-electron chi connectivity index (χ4n) is 2.55. The van der Waals surface area contributed by atoms with Gasteiger partial charge in [0.2, 0.25) is 5.95 Å². The number of nitrogens with two attached hydrogens (primary N) is 1. The minimum absolute atomic E-state index is 0.210. The molecule has 0 saturated heterocycles. The summed E-state index contributed by atoms with van der Waals surface area (Å²) in [5, 5.41) is 0. The molecule has 0 aliphatic carbocycles. The van der Waals surface area contributed by atoms with E-state index in [1.165, 1.54) is 0 Å². The Morgan fingerprint density at radius 2 is 1.81 bits per heavy atom. The topological polar surface area (TPSA) is 92.1 Å². The maximum Gasteiger partial charge on any atom is 0.270 e. The van der Waals surface area contributed by atoms with Crippen LogP contribution in [0.15, 0.2) is 42.5 Å². The lowest BCUT2D eigenvalue weighted by atomic mass is 10.1. The van der Waals surface area contributed by atoms with Crippen molar-refractivity contribution >= 4 is 34.5 Å². The molecule has 1 aliphatic rings.